The van der Waals surface area contributed by atoms with Crippen LogP contribution in [0.2, 0.25) is 0 Å². The zero-order valence-corrected chi connectivity index (χ0v) is 13.7. The third kappa shape index (κ3) is 3.80. The van der Waals surface area contributed by atoms with E-state index in [1.165, 1.54) is 12.1 Å². The molecule has 2 aromatic rings. The maximum atomic E-state index is 13.2. The van der Waals surface area contributed by atoms with E-state index in [1.807, 2.05) is 19.9 Å². The third-order valence-electron chi connectivity index (χ3n) is 3.31. The lowest BCUT2D eigenvalue weighted by Gasteiger charge is -2.07. The maximum Gasteiger partial charge on any atom is 0.339 e. The molecule has 5 heteroatoms. The highest BCUT2D eigenvalue weighted by Crippen LogP contribution is 2.19. The van der Waals surface area contributed by atoms with Gasteiger partial charge >= 0.3 is 5.97 Å². The van der Waals surface area contributed by atoms with E-state index in [0.29, 0.717) is 10.0 Å². The lowest BCUT2D eigenvalue weighted by atomic mass is 10.0. The molecule has 0 heterocycles. The van der Waals surface area contributed by atoms with E-state index in [4.69, 9.17) is 4.74 Å². The van der Waals surface area contributed by atoms with E-state index in [2.05, 4.69) is 15.9 Å². The Balaban J connectivity index is 2.05. The zero-order chi connectivity index (χ0) is 16.3. The Labute approximate surface area is 136 Å². The van der Waals surface area contributed by atoms with Gasteiger partial charge in [0.05, 0.1) is 5.56 Å². The molecular formula is C17H14BrFO3. The van der Waals surface area contributed by atoms with Gasteiger partial charge in [0.15, 0.2) is 12.4 Å². The summed E-state index contributed by atoms with van der Waals surface area (Å²) in [5.41, 5.74) is 2.60. The number of hydrogen-bond donors (Lipinski definition) is 0. The second-order valence-corrected chi connectivity index (χ2v) is 5.78. The van der Waals surface area contributed by atoms with Crippen LogP contribution in [-0.2, 0) is 4.74 Å². The number of rotatable bonds is 4. The van der Waals surface area contributed by atoms with Crippen molar-refractivity contribution in [3.05, 3.63) is 68.9 Å². The number of carbonyl (C=O) groups is 2. The lowest BCUT2D eigenvalue weighted by molar-refractivity contribution is 0.0473. The molecular weight excluding hydrogens is 351 g/mol. The Morgan fingerprint density at radius 1 is 1.09 bits per heavy atom. The maximum absolute atomic E-state index is 13.2. The number of ketones is 1. The predicted octanol–water partition coefficient (Wildman–Crippen LogP) is 4.24. The smallest absolute Gasteiger partial charge is 0.339 e. The summed E-state index contributed by atoms with van der Waals surface area (Å²) in [6.45, 7) is 3.47. The lowest BCUT2D eigenvalue weighted by Crippen LogP contribution is -2.15. The summed E-state index contributed by atoms with van der Waals surface area (Å²) >= 11 is 3.15. The zero-order valence-electron chi connectivity index (χ0n) is 12.2. The Morgan fingerprint density at radius 3 is 2.50 bits per heavy atom. The second kappa shape index (κ2) is 6.83. The molecule has 0 amide bonds. The molecule has 2 aromatic carbocycles. The van der Waals surface area contributed by atoms with E-state index in [0.717, 1.165) is 17.2 Å². The van der Waals surface area contributed by atoms with Gasteiger partial charge in [0, 0.05) is 10.0 Å². The molecule has 0 N–H and O–H groups in total. The summed E-state index contributed by atoms with van der Waals surface area (Å²) in [6, 6.07) is 8.98. The largest absolute Gasteiger partial charge is 0.454 e. The predicted molar refractivity (Wildman–Crippen MR) is 84.6 cm³/mol. The third-order valence-corrected chi connectivity index (χ3v) is 4.00. The Morgan fingerprint density at radius 2 is 1.82 bits per heavy atom. The minimum absolute atomic E-state index is 0.0490. The van der Waals surface area contributed by atoms with Gasteiger partial charge in [-0.1, -0.05) is 12.1 Å². The summed E-state index contributed by atoms with van der Waals surface area (Å²) in [6.07, 6.45) is 0. The van der Waals surface area contributed by atoms with Gasteiger partial charge in [0.25, 0.3) is 0 Å². The monoisotopic (exact) mass is 364 g/mol. The number of hydrogen-bond acceptors (Lipinski definition) is 3. The second-order valence-electron chi connectivity index (χ2n) is 4.92. The van der Waals surface area contributed by atoms with Gasteiger partial charge in [0.2, 0.25) is 0 Å². The van der Waals surface area contributed by atoms with Crippen LogP contribution in [0.3, 0.4) is 0 Å². The van der Waals surface area contributed by atoms with Gasteiger partial charge in [0.1, 0.15) is 5.82 Å². The number of benzene rings is 2. The number of carbonyl (C=O) groups excluding carboxylic acids is 2. The van der Waals surface area contributed by atoms with Crippen LogP contribution >= 0.6 is 15.9 Å². The van der Waals surface area contributed by atoms with E-state index in [1.54, 1.807) is 12.1 Å². The van der Waals surface area contributed by atoms with Crippen LogP contribution < -0.4 is 0 Å². The molecule has 0 aliphatic rings. The van der Waals surface area contributed by atoms with Crippen molar-refractivity contribution in [3.63, 3.8) is 0 Å². The minimum Gasteiger partial charge on any atom is -0.454 e. The van der Waals surface area contributed by atoms with Crippen LogP contribution in [0.25, 0.3) is 0 Å². The van der Waals surface area contributed by atoms with Crippen LogP contribution in [0.1, 0.15) is 31.8 Å². The van der Waals surface area contributed by atoms with E-state index in [-0.39, 0.29) is 18.0 Å². The van der Waals surface area contributed by atoms with Gasteiger partial charge in [-0.25, -0.2) is 9.18 Å². The highest BCUT2D eigenvalue weighted by Gasteiger charge is 2.15. The Hall–Kier alpha value is -2.01. The summed E-state index contributed by atoms with van der Waals surface area (Å²) < 4.78 is 18.5. The van der Waals surface area contributed by atoms with Crippen molar-refractivity contribution in [1.82, 2.24) is 0 Å². The number of Topliss-reactive ketones (excluding diaryl/α,β-unsaturated/α-hetero) is 1. The highest BCUT2D eigenvalue weighted by molar-refractivity contribution is 9.10. The minimum atomic E-state index is -0.747. The van der Waals surface area contributed by atoms with Crippen molar-refractivity contribution in [3.8, 4) is 0 Å². The van der Waals surface area contributed by atoms with Crippen LogP contribution in [0.15, 0.2) is 40.9 Å². The topological polar surface area (TPSA) is 43.4 Å². The van der Waals surface area contributed by atoms with Crippen LogP contribution in [0.4, 0.5) is 4.39 Å². The summed E-state index contributed by atoms with van der Waals surface area (Å²) in [4.78, 5) is 23.9. The molecule has 114 valence electrons. The van der Waals surface area contributed by atoms with Gasteiger partial charge in [-0.3, -0.25) is 4.79 Å². The van der Waals surface area contributed by atoms with Crippen LogP contribution in [0, 0.1) is 19.7 Å². The number of halogens is 2. The molecule has 0 saturated carbocycles. The van der Waals surface area contributed by atoms with E-state index < -0.39 is 11.8 Å². The summed E-state index contributed by atoms with van der Waals surface area (Å²) in [5.74, 6) is -1.59. The molecule has 0 fully saturated rings. The first-order chi connectivity index (χ1) is 10.4. The van der Waals surface area contributed by atoms with Gasteiger partial charge in [-0.05, 0) is 65.2 Å². The fourth-order valence-electron chi connectivity index (χ4n) is 1.86. The summed E-state index contributed by atoms with van der Waals surface area (Å²) in [5, 5.41) is 0. The molecule has 0 saturated heterocycles. The Bertz CT molecular complexity index is 741. The SMILES string of the molecule is Cc1ccc(C(=O)COC(=O)c2cc(F)ccc2Br)cc1C. The molecule has 0 radical (unpaired) electrons. The normalized spacial score (nSPS) is 10.4. The van der Waals surface area contributed by atoms with Gasteiger partial charge in [-0.15, -0.1) is 0 Å². The van der Waals surface area contributed by atoms with Crippen molar-refractivity contribution in [2.45, 2.75) is 13.8 Å². The summed E-state index contributed by atoms with van der Waals surface area (Å²) in [7, 11) is 0. The fraction of sp³-hybridized carbons (Fsp3) is 0.176. The average Bonchev–Trinajstić information content (AvgIpc) is 2.49. The van der Waals surface area contributed by atoms with Gasteiger partial charge in [-0.2, -0.15) is 0 Å². The molecule has 2 rings (SSSR count). The number of esters is 1. The van der Waals surface area contributed by atoms with Crippen molar-refractivity contribution in [2.24, 2.45) is 0 Å². The first kappa shape index (κ1) is 16.4. The molecule has 0 atom stereocenters. The first-order valence-corrected chi connectivity index (χ1v) is 7.40. The quantitative estimate of drug-likeness (QED) is 0.601. The van der Waals surface area contributed by atoms with Crippen LogP contribution in [0.5, 0.6) is 0 Å². The van der Waals surface area contributed by atoms with Crippen molar-refractivity contribution < 1.29 is 18.7 Å². The van der Waals surface area contributed by atoms with Crippen molar-refractivity contribution >= 4 is 27.7 Å². The van der Waals surface area contributed by atoms with Gasteiger partial charge < -0.3 is 4.74 Å². The average molecular weight is 365 g/mol. The van der Waals surface area contributed by atoms with Crippen molar-refractivity contribution in [1.29, 1.82) is 0 Å². The van der Waals surface area contributed by atoms with Crippen LogP contribution in [-0.4, -0.2) is 18.4 Å². The Kier molecular flexibility index (Phi) is 5.08. The molecule has 3 nitrogen and oxygen atoms in total. The molecule has 0 aromatic heterocycles. The molecule has 0 bridgehead atoms. The first-order valence-electron chi connectivity index (χ1n) is 6.61. The molecule has 22 heavy (non-hydrogen) atoms. The van der Waals surface area contributed by atoms with E-state index in [9.17, 15) is 14.0 Å². The number of ether oxygens (including phenoxy) is 1. The molecule has 0 aliphatic heterocycles. The highest BCUT2D eigenvalue weighted by atomic mass is 79.9. The van der Waals surface area contributed by atoms with Crippen molar-refractivity contribution in [2.75, 3.05) is 6.61 Å². The molecule has 0 spiro atoms. The standard InChI is InChI=1S/C17H14BrFO3/c1-10-3-4-12(7-11(10)2)16(20)9-22-17(21)14-8-13(19)5-6-15(14)18/h3-8H,9H2,1-2H3. The number of aryl methyl sites for hydroxylation is 2. The molecule has 0 unspecified atom stereocenters. The van der Waals surface area contributed by atoms with E-state index >= 15 is 0 Å². The molecule has 0 aliphatic carbocycles. The fourth-order valence-corrected chi connectivity index (χ4v) is 2.27.